The number of furan rings is 1. The van der Waals surface area contributed by atoms with Gasteiger partial charge in [0.2, 0.25) is 0 Å². The maximum Gasteiger partial charge on any atom is 0.338 e. The van der Waals surface area contributed by atoms with Crippen molar-refractivity contribution in [2.24, 2.45) is 0 Å². The molecule has 7 nitrogen and oxygen atoms in total. The molecule has 1 unspecified atom stereocenters. The Morgan fingerprint density at radius 3 is 2.76 bits per heavy atom. The van der Waals surface area contributed by atoms with E-state index in [1.807, 2.05) is 0 Å². The van der Waals surface area contributed by atoms with Gasteiger partial charge in [-0.25, -0.2) is 4.79 Å². The standard InChI is InChI=1S/C14H14N2O5/c1-9(8-10-4-3-7-21-10)15-13-11(14(17)18)5-2-6-12(13)16(19)20/h2-7,9,15H,8H2,1H3,(H,17,18). The summed E-state index contributed by atoms with van der Waals surface area (Å²) in [6, 6.07) is 7.26. The molecule has 0 saturated carbocycles. The largest absolute Gasteiger partial charge is 0.478 e. The first-order valence-corrected chi connectivity index (χ1v) is 6.28. The van der Waals surface area contributed by atoms with E-state index in [4.69, 9.17) is 9.52 Å². The molecule has 7 heteroatoms. The molecule has 0 bridgehead atoms. The van der Waals surface area contributed by atoms with Gasteiger partial charge in [-0.2, -0.15) is 0 Å². The minimum atomic E-state index is -1.22. The van der Waals surface area contributed by atoms with Crippen molar-refractivity contribution in [2.45, 2.75) is 19.4 Å². The van der Waals surface area contributed by atoms with Crippen LogP contribution in [0.2, 0.25) is 0 Å². The van der Waals surface area contributed by atoms with Crippen LogP contribution in [-0.2, 0) is 6.42 Å². The molecule has 0 fully saturated rings. The molecule has 1 aromatic carbocycles. The zero-order valence-electron chi connectivity index (χ0n) is 11.3. The van der Waals surface area contributed by atoms with Crippen LogP contribution in [0, 0.1) is 10.1 Å². The second-order valence-corrected chi connectivity index (χ2v) is 4.59. The molecule has 1 atom stereocenters. The number of para-hydroxylation sites is 1. The molecule has 0 amide bonds. The number of nitro benzene ring substituents is 1. The van der Waals surface area contributed by atoms with Gasteiger partial charge in [0.15, 0.2) is 0 Å². The van der Waals surface area contributed by atoms with Crippen LogP contribution >= 0.6 is 0 Å². The zero-order chi connectivity index (χ0) is 15.4. The highest BCUT2D eigenvalue weighted by Crippen LogP contribution is 2.29. The molecule has 21 heavy (non-hydrogen) atoms. The van der Waals surface area contributed by atoms with Gasteiger partial charge < -0.3 is 14.8 Å². The zero-order valence-corrected chi connectivity index (χ0v) is 11.3. The van der Waals surface area contributed by atoms with Crippen molar-refractivity contribution in [1.29, 1.82) is 0 Å². The Balaban J connectivity index is 2.28. The van der Waals surface area contributed by atoms with Gasteiger partial charge in [0.25, 0.3) is 5.69 Å². The molecule has 0 saturated heterocycles. The van der Waals surface area contributed by atoms with Crippen LogP contribution in [0.4, 0.5) is 11.4 Å². The summed E-state index contributed by atoms with van der Waals surface area (Å²) >= 11 is 0. The van der Waals surface area contributed by atoms with Crippen LogP contribution in [0.3, 0.4) is 0 Å². The van der Waals surface area contributed by atoms with E-state index < -0.39 is 10.9 Å². The summed E-state index contributed by atoms with van der Waals surface area (Å²) in [4.78, 5) is 21.7. The fourth-order valence-corrected chi connectivity index (χ4v) is 2.05. The van der Waals surface area contributed by atoms with E-state index in [1.165, 1.54) is 24.5 Å². The summed E-state index contributed by atoms with van der Waals surface area (Å²) in [5, 5.41) is 23.1. The number of rotatable bonds is 6. The van der Waals surface area contributed by atoms with Gasteiger partial charge in [0.1, 0.15) is 11.4 Å². The molecule has 110 valence electrons. The Labute approximate surface area is 120 Å². The smallest absolute Gasteiger partial charge is 0.338 e. The first-order valence-electron chi connectivity index (χ1n) is 6.28. The lowest BCUT2D eigenvalue weighted by atomic mass is 10.1. The van der Waals surface area contributed by atoms with Crippen molar-refractivity contribution in [3.8, 4) is 0 Å². The molecule has 0 aliphatic carbocycles. The summed E-state index contributed by atoms with van der Waals surface area (Å²) in [5.41, 5.74) is -0.384. The van der Waals surface area contributed by atoms with Gasteiger partial charge >= 0.3 is 5.97 Å². The summed E-state index contributed by atoms with van der Waals surface area (Å²) in [7, 11) is 0. The van der Waals surface area contributed by atoms with E-state index in [-0.39, 0.29) is 23.0 Å². The van der Waals surface area contributed by atoms with E-state index in [9.17, 15) is 14.9 Å². The number of nitro groups is 1. The third kappa shape index (κ3) is 3.38. The summed E-state index contributed by atoms with van der Waals surface area (Å²) in [6.45, 7) is 1.80. The lowest BCUT2D eigenvalue weighted by molar-refractivity contribution is -0.384. The minimum Gasteiger partial charge on any atom is -0.478 e. The number of carbonyl (C=O) groups is 1. The number of hydrogen-bond donors (Lipinski definition) is 2. The van der Waals surface area contributed by atoms with Crippen molar-refractivity contribution in [3.63, 3.8) is 0 Å². The Bertz CT molecular complexity index is 619. The summed E-state index contributed by atoms with van der Waals surface area (Å²) in [5.74, 6) is -0.503. The second-order valence-electron chi connectivity index (χ2n) is 4.59. The molecule has 1 aromatic heterocycles. The maximum absolute atomic E-state index is 11.2. The van der Waals surface area contributed by atoms with E-state index >= 15 is 0 Å². The van der Waals surface area contributed by atoms with E-state index in [2.05, 4.69) is 5.32 Å². The minimum absolute atomic E-state index is 0.00839. The van der Waals surface area contributed by atoms with Crippen LogP contribution in [-0.4, -0.2) is 22.0 Å². The molecule has 2 rings (SSSR count). The summed E-state index contributed by atoms with van der Waals surface area (Å²) < 4.78 is 5.21. The van der Waals surface area contributed by atoms with Crippen molar-refractivity contribution < 1.29 is 19.2 Å². The average Bonchev–Trinajstić information content (AvgIpc) is 2.91. The molecule has 2 N–H and O–H groups in total. The van der Waals surface area contributed by atoms with Crippen molar-refractivity contribution >= 4 is 17.3 Å². The number of anilines is 1. The number of carboxylic acids is 1. The topological polar surface area (TPSA) is 106 Å². The van der Waals surface area contributed by atoms with Gasteiger partial charge in [-0.05, 0) is 25.1 Å². The predicted octanol–water partition coefficient (Wildman–Crippen LogP) is 2.93. The number of hydrogen-bond acceptors (Lipinski definition) is 5. The lowest BCUT2D eigenvalue weighted by Crippen LogP contribution is -2.20. The molecular weight excluding hydrogens is 276 g/mol. The molecule has 0 radical (unpaired) electrons. The number of aromatic carboxylic acids is 1. The van der Waals surface area contributed by atoms with E-state index in [0.717, 1.165) is 0 Å². The highest BCUT2D eigenvalue weighted by Gasteiger charge is 2.22. The average molecular weight is 290 g/mol. The van der Waals surface area contributed by atoms with Gasteiger partial charge in [-0.3, -0.25) is 10.1 Å². The normalized spacial score (nSPS) is 11.9. The molecular formula is C14H14N2O5. The maximum atomic E-state index is 11.2. The first-order chi connectivity index (χ1) is 9.99. The Morgan fingerprint density at radius 1 is 1.43 bits per heavy atom. The number of nitrogens with one attached hydrogen (secondary N) is 1. The lowest BCUT2D eigenvalue weighted by Gasteiger charge is -2.15. The molecule has 0 aliphatic rings. The molecule has 0 spiro atoms. The SMILES string of the molecule is CC(Cc1ccco1)Nc1c(C(=O)O)cccc1[N+](=O)[O-]. The van der Waals surface area contributed by atoms with Crippen LogP contribution in [0.5, 0.6) is 0 Å². The van der Waals surface area contributed by atoms with Gasteiger partial charge in [-0.1, -0.05) is 6.07 Å². The van der Waals surface area contributed by atoms with Crippen LogP contribution in [0.15, 0.2) is 41.0 Å². The van der Waals surface area contributed by atoms with Gasteiger partial charge in [0, 0.05) is 18.5 Å². The predicted molar refractivity (Wildman–Crippen MR) is 75.6 cm³/mol. The van der Waals surface area contributed by atoms with Gasteiger partial charge in [-0.15, -0.1) is 0 Å². The molecule has 2 aromatic rings. The highest BCUT2D eigenvalue weighted by atomic mass is 16.6. The Kier molecular flexibility index (Phi) is 4.22. The van der Waals surface area contributed by atoms with Crippen molar-refractivity contribution in [1.82, 2.24) is 0 Å². The quantitative estimate of drug-likeness (QED) is 0.626. The summed E-state index contributed by atoms with van der Waals surface area (Å²) in [6.07, 6.45) is 2.02. The van der Waals surface area contributed by atoms with Crippen LogP contribution in [0.25, 0.3) is 0 Å². The van der Waals surface area contributed by atoms with E-state index in [1.54, 1.807) is 19.1 Å². The van der Waals surface area contributed by atoms with Gasteiger partial charge in [0.05, 0.1) is 16.7 Å². The Morgan fingerprint density at radius 2 is 2.19 bits per heavy atom. The van der Waals surface area contributed by atoms with E-state index in [0.29, 0.717) is 12.2 Å². The van der Waals surface area contributed by atoms with Crippen LogP contribution in [0.1, 0.15) is 23.0 Å². The highest BCUT2D eigenvalue weighted by molar-refractivity contribution is 5.96. The number of carboxylic acid groups (broad SMARTS) is 1. The second kappa shape index (κ2) is 6.08. The monoisotopic (exact) mass is 290 g/mol. The third-order valence-corrected chi connectivity index (χ3v) is 2.95. The fraction of sp³-hybridized carbons (Fsp3) is 0.214. The third-order valence-electron chi connectivity index (χ3n) is 2.95. The van der Waals surface area contributed by atoms with Crippen LogP contribution < -0.4 is 5.32 Å². The number of nitrogens with zero attached hydrogens (tertiary/aromatic N) is 1. The fourth-order valence-electron chi connectivity index (χ4n) is 2.05. The number of benzene rings is 1. The Hall–Kier alpha value is -2.83. The molecule has 1 heterocycles. The van der Waals surface area contributed by atoms with Crippen molar-refractivity contribution in [3.05, 3.63) is 58.0 Å². The molecule has 0 aliphatic heterocycles. The van der Waals surface area contributed by atoms with Crippen molar-refractivity contribution in [2.75, 3.05) is 5.32 Å². The first kappa shape index (κ1) is 14.6.